The summed E-state index contributed by atoms with van der Waals surface area (Å²) in [5, 5.41) is 13.0. The van der Waals surface area contributed by atoms with Crippen LogP contribution in [0.4, 0.5) is 0 Å². The van der Waals surface area contributed by atoms with Crippen molar-refractivity contribution < 1.29 is 4.79 Å². The van der Waals surface area contributed by atoms with E-state index in [1.807, 2.05) is 37.5 Å². The summed E-state index contributed by atoms with van der Waals surface area (Å²) < 4.78 is 1.74. The largest absolute Gasteiger partial charge is 0.329 e. The maximum absolute atomic E-state index is 12.4. The van der Waals surface area contributed by atoms with Crippen molar-refractivity contribution in [3.8, 4) is 17.2 Å². The lowest BCUT2D eigenvalue weighted by Gasteiger charge is -2.14. The second-order valence-corrected chi connectivity index (χ2v) is 5.11. The van der Waals surface area contributed by atoms with E-state index in [9.17, 15) is 4.79 Å². The van der Waals surface area contributed by atoms with Gasteiger partial charge in [-0.1, -0.05) is 18.7 Å². The van der Waals surface area contributed by atoms with Crippen LogP contribution in [0.5, 0.6) is 0 Å². The molecule has 1 aliphatic rings. The van der Waals surface area contributed by atoms with Gasteiger partial charge in [0.15, 0.2) is 0 Å². The molecule has 0 atom stereocenters. The van der Waals surface area contributed by atoms with Gasteiger partial charge in [0, 0.05) is 36.5 Å². The van der Waals surface area contributed by atoms with Crippen molar-refractivity contribution in [2.24, 2.45) is 7.05 Å². The zero-order chi connectivity index (χ0) is 15.0. The monoisotopic (exact) mass is 278 g/mol. The molecule has 2 aromatic rings. The van der Waals surface area contributed by atoms with Crippen LogP contribution in [0.15, 0.2) is 42.7 Å². The molecule has 1 aromatic heterocycles. The minimum atomic E-state index is -0.0489. The van der Waals surface area contributed by atoms with E-state index in [0.717, 1.165) is 16.7 Å². The van der Waals surface area contributed by atoms with E-state index in [4.69, 9.17) is 5.26 Å². The first kappa shape index (κ1) is 13.1. The van der Waals surface area contributed by atoms with Gasteiger partial charge in [0.2, 0.25) is 0 Å². The van der Waals surface area contributed by atoms with E-state index < -0.39 is 0 Å². The van der Waals surface area contributed by atoms with Gasteiger partial charge in [0.25, 0.3) is 5.91 Å². The zero-order valence-corrected chi connectivity index (χ0v) is 11.7. The lowest BCUT2D eigenvalue weighted by atomic mass is 9.99. The fraction of sp³-hybridized carbons (Fsp3) is 0.188. The first-order valence-electron chi connectivity index (χ1n) is 6.58. The van der Waals surface area contributed by atoms with Crippen LogP contribution >= 0.6 is 0 Å². The van der Waals surface area contributed by atoms with Crippen molar-refractivity contribution >= 4 is 5.91 Å². The van der Waals surface area contributed by atoms with Crippen LogP contribution in [-0.4, -0.2) is 27.1 Å². The van der Waals surface area contributed by atoms with Gasteiger partial charge in [-0.15, -0.1) is 0 Å². The first-order valence-corrected chi connectivity index (χ1v) is 6.58. The summed E-state index contributed by atoms with van der Waals surface area (Å²) in [5.74, 6) is -0.0489. The number of nitriles is 1. The molecule has 1 aromatic carbocycles. The van der Waals surface area contributed by atoms with Crippen LogP contribution in [-0.2, 0) is 13.6 Å². The van der Waals surface area contributed by atoms with Gasteiger partial charge in [0.1, 0.15) is 0 Å². The number of carbonyl (C=O) groups is 1. The molecule has 0 spiro atoms. The molecule has 104 valence electrons. The van der Waals surface area contributed by atoms with Crippen LogP contribution in [0.1, 0.15) is 15.9 Å². The van der Waals surface area contributed by atoms with E-state index in [0.29, 0.717) is 17.7 Å². The minimum absolute atomic E-state index is 0.0489. The van der Waals surface area contributed by atoms with Gasteiger partial charge in [-0.3, -0.25) is 9.48 Å². The highest BCUT2D eigenvalue weighted by atomic mass is 16.2. The molecule has 3 rings (SSSR count). The fourth-order valence-electron chi connectivity index (χ4n) is 2.61. The highest BCUT2D eigenvalue weighted by Crippen LogP contribution is 2.32. The summed E-state index contributed by atoms with van der Waals surface area (Å²) >= 11 is 0. The number of amides is 1. The fourth-order valence-corrected chi connectivity index (χ4v) is 2.61. The van der Waals surface area contributed by atoms with Crippen LogP contribution in [0.25, 0.3) is 11.1 Å². The van der Waals surface area contributed by atoms with Gasteiger partial charge in [0.05, 0.1) is 18.8 Å². The molecule has 0 radical (unpaired) electrons. The van der Waals surface area contributed by atoms with Crippen molar-refractivity contribution in [2.45, 2.75) is 6.54 Å². The van der Waals surface area contributed by atoms with E-state index >= 15 is 0 Å². The molecule has 5 heteroatoms. The maximum atomic E-state index is 12.4. The predicted octanol–water partition coefficient (Wildman–Crippen LogP) is 2.12. The third-order valence-electron chi connectivity index (χ3n) is 3.60. The summed E-state index contributed by atoms with van der Waals surface area (Å²) in [6.45, 7) is 4.42. The Morgan fingerprint density at radius 3 is 2.90 bits per heavy atom. The lowest BCUT2D eigenvalue weighted by molar-refractivity contribution is 0.0794. The van der Waals surface area contributed by atoms with Crippen molar-refractivity contribution in [1.29, 1.82) is 5.26 Å². The molecule has 1 amide bonds. The number of aromatic nitrogens is 2. The highest BCUT2D eigenvalue weighted by molar-refractivity contribution is 6.00. The number of nitrogens with zero attached hydrogens (tertiary/aromatic N) is 4. The average molecular weight is 278 g/mol. The average Bonchev–Trinajstić information content (AvgIpc) is 3.04. The number of carbonyl (C=O) groups excluding carboxylic acids is 1. The van der Waals surface area contributed by atoms with Crippen molar-refractivity contribution in [3.05, 3.63) is 53.9 Å². The van der Waals surface area contributed by atoms with Gasteiger partial charge >= 0.3 is 0 Å². The van der Waals surface area contributed by atoms with Crippen molar-refractivity contribution in [3.63, 3.8) is 0 Å². The zero-order valence-electron chi connectivity index (χ0n) is 11.7. The smallest absolute Gasteiger partial charge is 0.254 e. The van der Waals surface area contributed by atoms with Crippen LogP contribution in [0.2, 0.25) is 0 Å². The van der Waals surface area contributed by atoms with Gasteiger partial charge in [-0.05, 0) is 17.2 Å². The topological polar surface area (TPSA) is 61.9 Å². The third kappa shape index (κ3) is 2.21. The van der Waals surface area contributed by atoms with Gasteiger partial charge in [-0.25, -0.2) is 0 Å². The van der Waals surface area contributed by atoms with Crippen LogP contribution in [0, 0.1) is 11.3 Å². The van der Waals surface area contributed by atoms with Crippen LogP contribution in [0.3, 0.4) is 0 Å². The quantitative estimate of drug-likeness (QED) is 0.808. The van der Waals surface area contributed by atoms with E-state index in [-0.39, 0.29) is 12.5 Å². The van der Waals surface area contributed by atoms with E-state index in [1.54, 1.807) is 15.8 Å². The number of rotatable bonds is 3. The highest BCUT2D eigenvalue weighted by Gasteiger charge is 2.29. The molecule has 0 bridgehead atoms. The maximum Gasteiger partial charge on any atom is 0.254 e. The predicted molar refractivity (Wildman–Crippen MR) is 78.1 cm³/mol. The summed E-state index contributed by atoms with van der Waals surface area (Å²) in [4.78, 5) is 14.0. The number of hydrogen-bond acceptors (Lipinski definition) is 3. The number of fused-ring (bicyclic) bond motifs is 1. The van der Waals surface area contributed by atoms with Gasteiger partial charge < -0.3 is 4.90 Å². The second kappa shape index (κ2) is 4.91. The van der Waals surface area contributed by atoms with Crippen molar-refractivity contribution in [2.75, 3.05) is 6.54 Å². The SMILES string of the molecule is C=C(C#N)CN1Cc2c(cccc2-c2cnn(C)c2)C1=O. The molecular weight excluding hydrogens is 264 g/mol. The standard InChI is InChI=1S/C16H14N4O/c1-11(6-17)8-20-10-15-13(12-7-18-19(2)9-12)4-3-5-14(15)16(20)21/h3-5,7,9H,1,8,10H2,2H3. The normalized spacial score (nSPS) is 13.1. The minimum Gasteiger partial charge on any atom is -0.329 e. The Labute approximate surface area is 122 Å². The Balaban J connectivity index is 1.99. The molecule has 5 nitrogen and oxygen atoms in total. The number of hydrogen-bond donors (Lipinski definition) is 0. The van der Waals surface area contributed by atoms with Crippen molar-refractivity contribution in [1.82, 2.24) is 14.7 Å². The molecule has 0 unspecified atom stereocenters. The molecule has 0 saturated heterocycles. The Morgan fingerprint density at radius 1 is 1.48 bits per heavy atom. The number of aryl methyl sites for hydroxylation is 1. The summed E-state index contributed by atoms with van der Waals surface area (Å²) in [7, 11) is 1.86. The van der Waals surface area contributed by atoms with Crippen LogP contribution < -0.4 is 0 Å². The Hall–Kier alpha value is -2.87. The molecule has 0 saturated carbocycles. The summed E-state index contributed by atoms with van der Waals surface area (Å²) in [6.07, 6.45) is 3.72. The molecule has 2 heterocycles. The summed E-state index contributed by atoms with van der Waals surface area (Å²) in [5.41, 5.74) is 4.07. The van der Waals surface area contributed by atoms with E-state index in [1.165, 1.54) is 0 Å². The van der Waals surface area contributed by atoms with E-state index in [2.05, 4.69) is 11.7 Å². The molecule has 0 N–H and O–H groups in total. The molecule has 1 aliphatic heterocycles. The first-order chi connectivity index (χ1) is 10.1. The Morgan fingerprint density at radius 2 is 2.24 bits per heavy atom. The molecule has 0 aliphatic carbocycles. The molecular formula is C16H14N4O. The Kier molecular flexibility index (Phi) is 3.07. The molecule has 21 heavy (non-hydrogen) atoms. The number of benzene rings is 1. The van der Waals surface area contributed by atoms with Gasteiger partial charge in [-0.2, -0.15) is 10.4 Å². The Bertz CT molecular complexity index is 782. The molecule has 0 fully saturated rings. The summed E-state index contributed by atoms with van der Waals surface area (Å²) in [6, 6.07) is 7.68. The second-order valence-electron chi connectivity index (χ2n) is 5.11. The third-order valence-corrected chi connectivity index (χ3v) is 3.60. The lowest BCUT2D eigenvalue weighted by Crippen LogP contribution is -2.25.